The summed E-state index contributed by atoms with van der Waals surface area (Å²) < 4.78 is 0. The van der Waals surface area contributed by atoms with Crippen LogP contribution in [0.3, 0.4) is 0 Å². The van der Waals surface area contributed by atoms with Gasteiger partial charge in [-0.15, -0.1) is 0 Å². The monoisotopic (exact) mass is 235 g/mol. The average Bonchev–Trinajstić information content (AvgIpc) is 2.88. The molecule has 0 atom stereocenters. The highest BCUT2D eigenvalue weighted by Gasteiger charge is 2.20. The summed E-state index contributed by atoms with van der Waals surface area (Å²) in [6.07, 6.45) is 6.93. The Bertz CT molecular complexity index is 245. The fourth-order valence-electron chi connectivity index (χ4n) is 3.06. The largest absolute Gasteiger partial charge is 0.316 e. The summed E-state index contributed by atoms with van der Waals surface area (Å²) in [6, 6.07) is 0. The van der Waals surface area contributed by atoms with E-state index in [4.69, 9.17) is 6.57 Å². The molecule has 2 rings (SSSR count). The van der Waals surface area contributed by atoms with Gasteiger partial charge < -0.3 is 9.74 Å². The van der Waals surface area contributed by atoms with Crippen LogP contribution in [0.2, 0.25) is 0 Å². The third-order valence-electron chi connectivity index (χ3n) is 4.29. The summed E-state index contributed by atoms with van der Waals surface area (Å²) in [7, 11) is 0. The highest BCUT2D eigenvalue weighted by molar-refractivity contribution is 4.76. The Morgan fingerprint density at radius 1 is 0.941 bits per heavy atom. The third-order valence-corrected chi connectivity index (χ3v) is 4.29. The minimum atomic E-state index is 0.679. The fraction of sp³-hybridized carbons (Fsp3) is 0.929. The van der Waals surface area contributed by atoms with Gasteiger partial charge in [-0.3, -0.25) is 4.90 Å². The number of hydrogen-bond acceptors (Lipinski definition) is 2. The van der Waals surface area contributed by atoms with E-state index in [1.165, 1.54) is 64.8 Å². The minimum absolute atomic E-state index is 0.679. The Labute approximate surface area is 106 Å². The highest BCUT2D eigenvalue weighted by Crippen LogP contribution is 2.21. The van der Waals surface area contributed by atoms with Crippen LogP contribution in [0.5, 0.6) is 0 Å². The van der Waals surface area contributed by atoms with E-state index in [1.54, 1.807) is 0 Å². The number of hydrogen-bond donors (Lipinski definition) is 0. The van der Waals surface area contributed by atoms with Crippen molar-refractivity contribution in [2.75, 3.05) is 45.8 Å². The first kappa shape index (κ1) is 12.9. The van der Waals surface area contributed by atoms with Gasteiger partial charge in [0.1, 0.15) is 0 Å². The zero-order chi connectivity index (χ0) is 11.9. The van der Waals surface area contributed by atoms with Crippen molar-refractivity contribution in [1.82, 2.24) is 9.80 Å². The van der Waals surface area contributed by atoms with Crippen molar-refractivity contribution in [3.05, 3.63) is 11.4 Å². The topological polar surface area (TPSA) is 10.8 Å². The fourth-order valence-corrected chi connectivity index (χ4v) is 3.06. The van der Waals surface area contributed by atoms with Crippen LogP contribution in [0.15, 0.2) is 0 Å². The quantitative estimate of drug-likeness (QED) is 0.676. The van der Waals surface area contributed by atoms with Crippen molar-refractivity contribution in [1.29, 1.82) is 0 Å². The molecule has 17 heavy (non-hydrogen) atoms. The lowest BCUT2D eigenvalue weighted by atomic mass is 9.93. The van der Waals surface area contributed by atoms with Gasteiger partial charge in [-0.05, 0) is 70.7 Å². The van der Waals surface area contributed by atoms with Gasteiger partial charge in [-0.25, -0.2) is 6.57 Å². The molecule has 0 saturated carbocycles. The van der Waals surface area contributed by atoms with Crippen molar-refractivity contribution in [3.63, 3.8) is 0 Å². The molecule has 0 amide bonds. The molecule has 0 aromatic carbocycles. The molecule has 0 spiro atoms. The SMILES string of the molecule is [C-]#[N+]CCN1CCC(CCN2CCCC2)CC1. The Balaban J connectivity index is 1.57. The molecule has 0 aromatic heterocycles. The zero-order valence-corrected chi connectivity index (χ0v) is 10.9. The maximum absolute atomic E-state index is 6.82. The third kappa shape index (κ3) is 4.29. The lowest BCUT2D eigenvalue weighted by Crippen LogP contribution is -2.36. The van der Waals surface area contributed by atoms with Crippen molar-refractivity contribution < 1.29 is 0 Å². The second-order valence-corrected chi connectivity index (χ2v) is 5.50. The van der Waals surface area contributed by atoms with Crippen molar-refractivity contribution in [2.24, 2.45) is 5.92 Å². The standard InChI is InChI=1S/C14H25N3/c1-15-7-13-17-11-5-14(6-12-17)4-10-16-8-2-3-9-16/h14H,2-13H2. The predicted octanol–water partition coefficient (Wildman–Crippen LogP) is 2.10. The second-order valence-electron chi connectivity index (χ2n) is 5.50. The molecule has 2 aliphatic rings. The van der Waals surface area contributed by atoms with Gasteiger partial charge in [0.2, 0.25) is 6.54 Å². The maximum Gasteiger partial charge on any atom is 0.227 e. The molecule has 3 nitrogen and oxygen atoms in total. The van der Waals surface area contributed by atoms with Crippen LogP contribution in [0.25, 0.3) is 4.85 Å². The molecule has 2 heterocycles. The van der Waals surface area contributed by atoms with E-state index < -0.39 is 0 Å². The second kappa shape index (κ2) is 6.98. The summed E-state index contributed by atoms with van der Waals surface area (Å²) in [5.74, 6) is 0.944. The van der Waals surface area contributed by atoms with E-state index in [0.717, 1.165) is 12.5 Å². The van der Waals surface area contributed by atoms with Gasteiger partial charge >= 0.3 is 0 Å². The summed E-state index contributed by atoms with van der Waals surface area (Å²) in [5.41, 5.74) is 0. The molecule has 96 valence electrons. The number of likely N-dealkylation sites (tertiary alicyclic amines) is 2. The van der Waals surface area contributed by atoms with Crippen molar-refractivity contribution in [3.8, 4) is 0 Å². The van der Waals surface area contributed by atoms with Crippen LogP contribution in [-0.4, -0.2) is 55.6 Å². The maximum atomic E-state index is 6.82. The van der Waals surface area contributed by atoms with Crippen LogP contribution in [0.4, 0.5) is 0 Å². The first-order valence-corrected chi connectivity index (χ1v) is 7.16. The lowest BCUT2D eigenvalue weighted by Gasteiger charge is -2.31. The average molecular weight is 235 g/mol. The predicted molar refractivity (Wildman–Crippen MR) is 70.9 cm³/mol. The van der Waals surface area contributed by atoms with Gasteiger partial charge in [0.15, 0.2) is 0 Å². The Hall–Kier alpha value is -0.590. The Morgan fingerprint density at radius 2 is 1.59 bits per heavy atom. The molecule has 2 aliphatic heterocycles. The van der Waals surface area contributed by atoms with Gasteiger partial charge in [0.05, 0.1) is 6.54 Å². The Morgan fingerprint density at radius 3 is 2.24 bits per heavy atom. The van der Waals surface area contributed by atoms with E-state index in [1.807, 2.05) is 0 Å². The summed E-state index contributed by atoms with van der Waals surface area (Å²) >= 11 is 0. The molecule has 2 saturated heterocycles. The molecular formula is C14H25N3. The molecule has 3 heteroatoms. The van der Waals surface area contributed by atoms with Crippen LogP contribution >= 0.6 is 0 Å². The molecule has 0 radical (unpaired) electrons. The molecule has 0 aromatic rings. The van der Waals surface area contributed by atoms with Crippen LogP contribution in [0, 0.1) is 12.5 Å². The van der Waals surface area contributed by atoms with Crippen molar-refractivity contribution in [2.45, 2.75) is 32.1 Å². The van der Waals surface area contributed by atoms with E-state index in [0.29, 0.717) is 6.54 Å². The molecule has 0 bridgehead atoms. The van der Waals surface area contributed by atoms with E-state index in [9.17, 15) is 0 Å². The van der Waals surface area contributed by atoms with Crippen LogP contribution in [-0.2, 0) is 0 Å². The number of nitrogens with zero attached hydrogens (tertiary/aromatic N) is 3. The van der Waals surface area contributed by atoms with E-state index in [2.05, 4.69) is 14.6 Å². The number of rotatable bonds is 5. The van der Waals surface area contributed by atoms with Crippen molar-refractivity contribution >= 4 is 0 Å². The zero-order valence-electron chi connectivity index (χ0n) is 10.9. The van der Waals surface area contributed by atoms with Crippen LogP contribution < -0.4 is 0 Å². The first-order valence-electron chi connectivity index (χ1n) is 7.16. The van der Waals surface area contributed by atoms with Gasteiger partial charge in [0, 0.05) is 0 Å². The molecule has 0 unspecified atom stereocenters. The normalized spacial score (nSPS) is 23.9. The van der Waals surface area contributed by atoms with E-state index >= 15 is 0 Å². The van der Waals surface area contributed by atoms with Gasteiger partial charge in [-0.1, -0.05) is 0 Å². The van der Waals surface area contributed by atoms with Gasteiger partial charge in [-0.2, -0.15) is 0 Å². The number of piperidine rings is 1. The first-order chi connectivity index (χ1) is 8.38. The van der Waals surface area contributed by atoms with E-state index in [-0.39, 0.29) is 0 Å². The summed E-state index contributed by atoms with van der Waals surface area (Å²) in [6.45, 7) is 14.9. The highest BCUT2D eigenvalue weighted by atomic mass is 15.1. The molecule has 0 N–H and O–H groups in total. The van der Waals surface area contributed by atoms with Crippen LogP contribution in [0.1, 0.15) is 32.1 Å². The molecular weight excluding hydrogens is 210 g/mol. The molecule has 0 aliphatic carbocycles. The summed E-state index contributed by atoms with van der Waals surface area (Å²) in [5, 5.41) is 0. The smallest absolute Gasteiger partial charge is 0.227 e. The minimum Gasteiger partial charge on any atom is -0.316 e. The molecule has 2 fully saturated rings. The lowest BCUT2D eigenvalue weighted by molar-refractivity contribution is 0.174. The Kier molecular flexibility index (Phi) is 5.28. The summed E-state index contributed by atoms with van der Waals surface area (Å²) in [4.78, 5) is 8.53. The van der Waals surface area contributed by atoms with Gasteiger partial charge in [0.25, 0.3) is 0 Å².